The largest absolute Gasteiger partial charge is 0.316 e. The number of hydrogen-bond acceptors (Lipinski definition) is 3. The van der Waals surface area contributed by atoms with Crippen molar-refractivity contribution in [1.29, 1.82) is 0 Å². The van der Waals surface area contributed by atoms with Gasteiger partial charge in [0.05, 0.1) is 10.4 Å². The SMILES string of the molecule is CNCc1cc(Br)cc2c(C)nsc12. The fourth-order valence-corrected chi connectivity index (χ4v) is 2.90. The summed E-state index contributed by atoms with van der Waals surface area (Å²) in [5.74, 6) is 0. The Balaban J connectivity index is 2.68. The highest BCUT2D eigenvalue weighted by Crippen LogP contribution is 2.29. The molecule has 0 aliphatic rings. The Morgan fingerprint density at radius 3 is 3.00 bits per heavy atom. The van der Waals surface area contributed by atoms with Crippen LogP contribution in [-0.2, 0) is 6.54 Å². The summed E-state index contributed by atoms with van der Waals surface area (Å²) in [7, 11) is 1.96. The normalized spacial score (nSPS) is 11.1. The Morgan fingerprint density at radius 2 is 2.29 bits per heavy atom. The van der Waals surface area contributed by atoms with Crippen LogP contribution in [0.1, 0.15) is 11.3 Å². The molecule has 0 fully saturated rings. The molecule has 14 heavy (non-hydrogen) atoms. The van der Waals surface area contributed by atoms with Crippen LogP contribution in [0.5, 0.6) is 0 Å². The molecule has 0 bridgehead atoms. The summed E-state index contributed by atoms with van der Waals surface area (Å²) in [5, 5.41) is 4.43. The molecule has 2 nitrogen and oxygen atoms in total. The van der Waals surface area contributed by atoms with Crippen molar-refractivity contribution in [2.45, 2.75) is 13.5 Å². The molecule has 1 aromatic heterocycles. The van der Waals surface area contributed by atoms with E-state index in [-0.39, 0.29) is 0 Å². The molecule has 1 heterocycles. The first-order valence-electron chi connectivity index (χ1n) is 4.41. The molecule has 1 aromatic carbocycles. The second-order valence-corrected chi connectivity index (χ2v) is 4.93. The standard InChI is InChI=1S/C10H11BrN2S/c1-6-9-4-8(11)3-7(5-12-2)10(9)14-13-6/h3-4,12H,5H2,1-2H3. The van der Waals surface area contributed by atoms with Crippen LogP contribution in [0.25, 0.3) is 10.1 Å². The van der Waals surface area contributed by atoms with E-state index in [0.717, 1.165) is 16.7 Å². The number of benzene rings is 1. The van der Waals surface area contributed by atoms with Crippen molar-refractivity contribution < 1.29 is 0 Å². The molecule has 4 heteroatoms. The Bertz CT molecular complexity index is 464. The predicted octanol–water partition coefficient (Wildman–Crippen LogP) is 3.09. The van der Waals surface area contributed by atoms with Gasteiger partial charge in [-0.3, -0.25) is 0 Å². The van der Waals surface area contributed by atoms with E-state index in [1.807, 2.05) is 7.05 Å². The number of rotatable bonds is 2. The number of hydrogen-bond donors (Lipinski definition) is 1. The molecule has 74 valence electrons. The van der Waals surface area contributed by atoms with E-state index in [2.05, 4.69) is 44.7 Å². The summed E-state index contributed by atoms with van der Waals surface area (Å²) in [5.41, 5.74) is 2.42. The van der Waals surface area contributed by atoms with E-state index in [1.165, 1.54) is 15.6 Å². The first-order valence-corrected chi connectivity index (χ1v) is 5.98. The van der Waals surface area contributed by atoms with Gasteiger partial charge in [-0.15, -0.1) is 0 Å². The molecule has 0 unspecified atom stereocenters. The molecular weight excluding hydrogens is 260 g/mol. The summed E-state index contributed by atoms with van der Waals surface area (Å²) in [6, 6.07) is 4.28. The lowest BCUT2D eigenvalue weighted by atomic mass is 10.1. The van der Waals surface area contributed by atoms with Gasteiger partial charge in [0, 0.05) is 16.4 Å². The molecule has 0 aliphatic heterocycles. The van der Waals surface area contributed by atoms with Crippen molar-refractivity contribution in [2.75, 3.05) is 7.05 Å². The molecule has 1 N–H and O–H groups in total. The molecule has 0 saturated carbocycles. The highest BCUT2D eigenvalue weighted by molar-refractivity contribution is 9.10. The van der Waals surface area contributed by atoms with Crippen LogP contribution in [0.3, 0.4) is 0 Å². The Kier molecular flexibility index (Phi) is 2.85. The minimum Gasteiger partial charge on any atom is -0.316 e. The van der Waals surface area contributed by atoms with Gasteiger partial charge in [0.15, 0.2) is 0 Å². The molecule has 0 atom stereocenters. The molecule has 2 rings (SSSR count). The van der Waals surface area contributed by atoms with E-state index in [4.69, 9.17) is 0 Å². The van der Waals surface area contributed by atoms with Crippen molar-refractivity contribution in [3.63, 3.8) is 0 Å². The van der Waals surface area contributed by atoms with E-state index in [9.17, 15) is 0 Å². The third-order valence-corrected chi connectivity index (χ3v) is 3.65. The Labute approximate surface area is 95.6 Å². The monoisotopic (exact) mass is 270 g/mol. The quantitative estimate of drug-likeness (QED) is 0.907. The summed E-state index contributed by atoms with van der Waals surface area (Å²) < 4.78 is 6.79. The zero-order valence-electron chi connectivity index (χ0n) is 8.10. The first-order chi connectivity index (χ1) is 6.72. The number of aromatic nitrogens is 1. The third kappa shape index (κ3) is 1.69. The summed E-state index contributed by atoms with van der Waals surface area (Å²) in [6.07, 6.45) is 0. The van der Waals surface area contributed by atoms with Crippen LogP contribution in [0.2, 0.25) is 0 Å². The fraction of sp³-hybridized carbons (Fsp3) is 0.300. The number of halogens is 1. The van der Waals surface area contributed by atoms with Crippen molar-refractivity contribution in [3.05, 3.63) is 27.9 Å². The van der Waals surface area contributed by atoms with E-state index in [1.54, 1.807) is 11.5 Å². The minimum atomic E-state index is 0.886. The van der Waals surface area contributed by atoms with Crippen LogP contribution in [0, 0.1) is 6.92 Å². The first kappa shape index (κ1) is 10.1. The van der Waals surface area contributed by atoms with Crippen LogP contribution in [0.15, 0.2) is 16.6 Å². The topological polar surface area (TPSA) is 24.9 Å². The van der Waals surface area contributed by atoms with E-state index >= 15 is 0 Å². The zero-order valence-corrected chi connectivity index (χ0v) is 10.5. The predicted molar refractivity (Wildman–Crippen MR) is 64.8 cm³/mol. The fourth-order valence-electron chi connectivity index (χ4n) is 1.51. The van der Waals surface area contributed by atoms with Gasteiger partial charge in [-0.2, -0.15) is 4.37 Å². The van der Waals surface area contributed by atoms with Crippen molar-refractivity contribution in [1.82, 2.24) is 9.69 Å². The van der Waals surface area contributed by atoms with Gasteiger partial charge in [-0.25, -0.2) is 0 Å². The van der Waals surface area contributed by atoms with Gasteiger partial charge in [0.1, 0.15) is 0 Å². The third-order valence-electron chi connectivity index (χ3n) is 2.16. The van der Waals surface area contributed by atoms with Gasteiger partial charge in [0.2, 0.25) is 0 Å². The lowest BCUT2D eigenvalue weighted by molar-refractivity contribution is 0.824. The smallest absolute Gasteiger partial charge is 0.0598 e. The lowest BCUT2D eigenvalue weighted by Gasteiger charge is -2.02. The molecule has 2 aromatic rings. The Morgan fingerprint density at radius 1 is 1.50 bits per heavy atom. The van der Waals surface area contributed by atoms with Crippen LogP contribution in [0.4, 0.5) is 0 Å². The van der Waals surface area contributed by atoms with Crippen molar-refractivity contribution in [3.8, 4) is 0 Å². The lowest BCUT2D eigenvalue weighted by Crippen LogP contribution is -2.04. The molecule has 0 radical (unpaired) electrons. The van der Waals surface area contributed by atoms with Gasteiger partial charge in [0.25, 0.3) is 0 Å². The van der Waals surface area contributed by atoms with Crippen molar-refractivity contribution in [2.24, 2.45) is 0 Å². The summed E-state index contributed by atoms with van der Waals surface area (Å²) >= 11 is 5.10. The summed E-state index contributed by atoms with van der Waals surface area (Å²) in [4.78, 5) is 0. The molecular formula is C10H11BrN2S. The Hall–Kier alpha value is -0.450. The number of fused-ring (bicyclic) bond motifs is 1. The van der Waals surface area contributed by atoms with Crippen molar-refractivity contribution >= 4 is 37.5 Å². The number of nitrogens with one attached hydrogen (secondary N) is 1. The average Bonchev–Trinajstić information content (AvgIpc) is 2.49. The minimum absolute atomic E-state index is 0.886. The van der Waals surface area contributed by atoms with E-state index in [0.29, 0.717) is 0 Å². The average molecular weight is 271 g/mol. The molecule has 0 spiro atoms. The molecule has 0 amide bonds. The van der Waals surface area contributed by atoms with Crippen LogP contribution < -0.4 is 5.32 Å². The second kappa shape index (κ2) is 3.96. The maximum atomic E-state index is 4.37. The second-order valence-electron chi connectivity index (χ2n) is 3.24. The van der Waals surface area contributed by atoms with Gasteiger partial charge in [-0.1, -0.05) is 15.9 Å². The maximum absolute atomic E-state index is 4.37. The van der Waals surface area contributed by atoms with E-state index < -0.39 is 0 Å². The molecule has 0 saturated heterocycles. The van der Waals surface area contributed by atoms with Gasteiger partial charge in [-0.05, 0) is 43.2 Å². The highest BCUT2D eigenvalue weighted by Gasteiger charge is 2.07. The van der Waals surface area contributed by atoms with Crippen LogP contribution in [-0.4, -0.2) is 11.4 Å². The van der Waals surface area contributed by atoms with Crippen LogP contribution >= 0.6 is 27.5 Å². The molecule has 0 aliphatic carbocycles. The number of aryl methyl sites for hydroxylation is 1. The van der Waals surface area contributed by atoms with Gasteiger partial charge < -0.3 is 5.32 Å². The van der Waals surface area contributed by atoms with Gasteiger partial charge >= 0.3 is 0 Å². The maximum Gasteiger partial charge on any atom is 0.0598 e. The number of nitrogens with zero attached hydrogens (tertiary/aromatic N) is 1. The zero-order chi connectivity index (χ0) is 10.1. The highest BCUT2D eigenvalue weighted by atomic mass is 79.9. The summed E-state index contributed by atoms with van der Waals surface area (Å²) in [6.45, 7) is 2.94.